The third-order valence-corrected chi connectivity index (χ3v) is 3.75. The lowest BCUT2D eigenvalue weighted by molar-refractivity contribution is 0.0414. The number of rotatable bonds is 8. The number of ether oxygens (including phenoxy) is 1. The van der Waals surface area contributed by atoms with Crippen LogP contribution in [0.25, 0.3) is 0 Å². The molecule has 0 aromatic carbocycles. The summed E-state index contributed by atoms with van der Waals surface area (Å²) in [6.07, 6.45) is 4.17. The van der Waals surface area contributed by atoms with Gasteiger partial charge in [-0.1, -0.05) is 13.3 Å². The lowest BCUT2D eigenvalue weighted by atomic mass is 10.1. The molecule has 0 amide bonds. The van der Waals surface area contributed by atoms with Crippen molar-refractivity contribution in [3.63, 3.8) is 0 Å². The van der Waals surface area contributed by atoms with Gasteiger partial charge in [0.25, 0.3) is 0 Å². The molecule has 0 saturated carbocycles. The van der Waals surface area contributed by atoms with E-state index in [1.54, 1.807) is 0 Å². The van der Waals surface area contributed by atoms with Crippen LogP contribution in [-0.4, -0.2) is 41.9 Å². The van der Waals surface area contributed by atoms with Crippen molar-refractivity contribution < 1.29 is 14.3 Å². The van der Waals surface area contributed by atoms with Gasteiger partial charge in [-0.05, 0) is 38.3 Å². The maximum atomic E-state index is 10.1. The normalized spacial score (nSPS) is 20.7. The predicted octanol–water partition coefficient (Wildman–Crippen LogP) is 2.73. The van der Waals surface area contributed by atoms with Crippen LogP contribution in [0.5, 0.6) is 0 Å². The van der Waals surface area contributed by atoms with Crippen molar-refractivity contribution in [1.29, 1.82) is 0 Å². The molecule has 1 aromatic heterocycles. The minimum atomic E-state index is -0.266. The summed E-state index contributed by atoms with van der Waals surface area (Å²) < 4.78 is 11.4. The largest absolute Gasteiger partial charge is 0.465 e. The van der Waals surface area contributed by atoms with Gasteiger partial charge in [-0.3, -0.25) is 4.90 Å². The lowest BCUT2D eigenvalue weighted by Crippen LogP contribution is -2.37. The van der Waals surface area contributed by atoms with E-state index < -0.39 is 0 Å². The first-order valence-electron chi connectivity index (χ1n) is 7.74. The van der Waals surface area contributed by atoms with Gasteiger partial charge in [-0.25, -0.2) is 0 Å². The highest BCUT2D eigenvalue weighted by atomic mass is 16.5. The molecule has 0 aliphatic carbocycles. The Balaban J connectivity index is 1.91. The van der Waals surface area contributed by atoms with Crippen LogP contribution in [0, 0.1) is 6.92 Å². The molecule has 2 heterocycles. The maximum Gasteiger partial charge on any atom is 0.118 e. The van der Waals surface area contributed by atoms with E-state index in [1.807, 2.05) is 19.1 Å². The van der Waals surface area contributed by atoms with Crippen molar-refractivity contribution in [2.45, 2.75) is 58.3 Å². The first kappa shape index (κ1) is 15.5. The maximum absolute atomic E-state index is 10.1. The van der Waals surface area contributed by atoms with E-state index in [1.165, 1.54) is 0 Å². The number of aliphatic hydroxyl groups is 1. The Morgan fingerprint density at radius 2 is 2.30 bits per heavy atom. The molecule has 1 aliphatic heterocycles. The van der Waals surface area contributed by atoms with Crippen molar-refractivity contribution in [1.82, 2.24) is 4.90 Å². The van der Waals surface area contributed by atoms with E-state index >= 15 is 0 Å². The SMILES string of the molecule is CCC[C@@H](O)CN(Cc1ccc(C)o1)C[C@@H]1CCCO1. The Morgan fingerprint density at radius 1 is 1.45 bits per heavy atom. The fourth-order valence-corrected chi connectivity index (χ4v) is 2.79. The minimum absolute atomic E-state index is 0.266. The predicted molar refractivity (Wildman–Crippen MR) is 78.6 cm³/mol. The number of hydrogen-bond acceptors (Lipinski definition) is 4. The van der Waals surface area contributed by atoms with Gasteiger partial charge in [0.1, 0.15) is 11.5 Å². The third-order valence-electron chi connectivity index (χ3n) is 3.75. The number of nitrogens with zero attached hydrogens (tertiary/aromatic N) is 1. The van der Waals surface area contributed by atoms with Crippen LogP contribution >= 0.6 is 0 Å². The van der Waals surface area contributed by atoms with E-state index in [0.717, 1.165) is 56.9 Å². The molecule has 114 valence electrons. The van der Waals surface area contributed by atoms with Crippen LogP contribution in [0.15, 0.2) is 16.5 Å². The Bertz CT molecular complexity index is 385. The molecule has 1 N–H and O–H groups in total. The van der Waals surface area contributed by atoms with Gasteiger partial charge in [0.15, 0.2) is 0 Å². The molecule has 20 heavy (non-hydrogen) atoms. The second-order valence-corrected chi connectivity index (χ2v) is 5.78. The average Bonchev–Trinajstić information content (AvgIpc) is 3.01. The summed E-state index contributed by atoms with van der Waals surface area (Å²) in [4.78, 5) is 2.26. The van der Waals surface area contributed by atoms with E-state index in [4.69, 9.17) is 9.15 Å². The summed E-state index contributed by atoms with van der Waals surface area (Å²) in [6.45, 7) is 7.24. The zero-order valence-electron chi connectivity index (χ0n) is 12.7. The molecular weight excluding hydrogens is 254 g/mol. The van der Waals surface area contributed by atoms with Crippen LogP contribution < -0.4 is 0 Å². The van der Waals surface area contributed by atoms with Gasteiger partial charge in [-0.2, -0.15) is 0 Å². The van der Waals surface area contributed by atoms with E-state index in [9.17, 15) is 5.11 Å². The molecule has 4 heteroatoms. The Morgan fingerprint density at radius 3 is 2.90 bits per heavy atom. The van der Waals surface area contributed by atoms with E-state index in [2.05, 4.69) is 11.8 Å². The Hall–Kier alpha value is -0.840. The number of hydrogen-bond donors (Lipinski definition) is 1. The monoisotopic (exact) mass is 281 g/mol. The summed E-state index contributed by atoms with van der Waals surface area (Å²) >= 11 is 0. The molecule has 0 radical (unpaired) electrons. The number of furan rings is 1. The van der Waals surface area contributed by atoms with Crippen LogP contribution in [0.1, 0.15) is 44.1 Å². The topological polar surface area (TPSA) is 45.8 Å². The highest BCUT2D eigenvalue weighted by Crippen LogP contribution is 2.17. The van der Waals surface area contributed by atoms with Gasteiger partial charge in [0.2, 0.25) is 0 Å². The van der Waals surface area contributed by atoms with Crippen molar-refractivity contribution in [2.24, 2.45) is 0 Å². The molecule has 2 atom stereocenters. The highest BCUT2D eigenvalue weighted by molar-refractivity contribution is 5.05. The standard InChI is InChI=1S/C16H27NO3/c1-3-5-14(18)10-17(11-15-6-4-9-19-15)12-16-8-7-13(2)20-16/h7-8,14-15,18H,3-6,9-12H2,1-2H3/t14-,15+/m1/s1. The first-order chi connectivity index (χ1) is 9.67. The lowest BCUT2D eigenvalue weighted by Gasteiger charge is -2.26. The first-order valence-corrected chi connectivity index (χ1v) is 7.74. The van der Waals surface area contributed by atoms with E-state index in [0.29, 0.717) is 12.6 Å². The smallest absolute Gasteiger partial charge is 0.118 e. The van der Waals surface area contributed by atoms with Crippen molar-refractivity contribution >= 4 is 0 Å². The molecule has 1 aromatic rings. The van der Waals surface area contributed by atoms with Crippen molar-refractivity contribution in [2.75, 3.05) is 19.7 Å². The number of aryl methyl sites for hydroxylation is 1. The summed E-state index contributed by atoms with van der Waals surface area (Å²) in [6, 6.07) is 4.01. The van der Waals surface area contributed by atoms with Gasteiger partial charge >= 0.3 is 0 Å². The summed E-state index contributed by atoms with van der Waals surface area (Å²) in [5, 5.41) is 10.1. The van der Waals surface area contributed by atoms with Gasteiger partial charge in [-0.15, -0.1) is 0 Å². The molecule has 1 fully saturated rings. The molecule has 0 unspecified atom stereocenters. The molecule has 1 saturated heterocycles. The van der Waals surface area contributed by atoms with Crippen molar-refractivity contribution in [3.05, 3.63) is 23.7 Å². The van der Waals surface area contributed by atoms with Crippen molar-refractivity contribution in [3.8, 4) is 0 Å². The molecule has 0 bridgehead atoms. The van der Waals surface area contributed by atoms with Gasteiger partial charge in [0.05, 0.1) is 18.8 Å². The molecule has 1 aliphatic rings. The van der Waals surface area contributed by atoms with Crippen LogP contribution in [0.2, 0.25) is 0 Å². The summed E-state index contributed by atoms with van der Waals surface area (Å²) in [7, 11) is 0. The summed E-state index contributed by atoms with van der Waals surface area (Å²) in [5.41, 5.74) is 0. The van der Waals surface area contributed by atoms with Crippen LogP contribution in [0.3, 0.4) is 0 Å². The Labute approximate surface area is 121 Å². The van der Waals surface area contributed by atoms with Gasteiger partial charge < -0.3 is 14.3 Å². The average molecular weight is 281 g/mol. The highest BCUT2D eigenvalue weighted by Gasteiger charge is 2.21. The van der Waals surface area contributed by atoms with Crippen LogP contribution in [0.4, 0.5) is 0 Å². The molecule has 0 spiro atoms. The summed E-state index contributed by atoms with van der Waals surface area (Å²) in [5.74, 6) is 1.90. The minimum Gasteiger partial charge on any atom is -0.465 e. The fraction of sp³-hybridized carbons (Fsp3) is 0.750. The second kappa shape index (κ2) is 7.81. The molecular formula is C16H27NO3. The number of aliphatic hydroxyl groups excluding tert-OH is 1. The zero-order chi connectivity index (χ0) is 14.4. The third kappa shape index (κ3) is 4.93. The quantitative estimate of drug-likeness (QED) is 0.796. The van der Waals surface area contributed by atoms with Gasteiger partial charge in [0, 0.05) is 19.7 Å². The van der Waals surface area contributed by atoms with E-state index in [-0.39, 0.29) is 6.10 Å². The molecule has 2 rings (SSSR count). The second-order valence-electron chi connectivity index (χ2n) is 5.78. The zero-order valence-corrected chi connectivity index (χ0v) is 12.7. The Kier molecular flexibility index (Phi) is 6.07. The van der Waals surface area contributed by atoms with Crippen LogP contribution in [-0.2, 0) is 11.3 Å². The molecule has 4 nitrogen and oxygen atoms in total. The fourth-order valence-electron chi connectivity index (χ4n) is 2.79.